The van der Waals surface area contributed by atoms with Gasteiger partial charge in [0, 0.05) is 15.0 Å². The molecule has 0 amide bonds. The summed E-state index contributed by atoms with van der Waals surface area (Å²) in [5, 5.41) is 0.755. The first-order valence-electron chi connectivity index (χ1n) is 6.92. The van der Waals surface area contributed by atoms with Gasteiger partial charge in [-0.05, 0) is 60.2 Å². The molecule has 1 unspecified atom stereocenters. The fourth-order valence-electron chi connectivity index (χ4n) is 3.04. The maximum Gasteiger partial charge on any atom is 0.119 e. The van der Waals surface area contributed by atoms with Gasteiger partial charge < -0.3 is 10.5 Å². The number of hydrogen-bond acceptors (Lipinski definition) is 2. The van der Waals surface area contributed by atoms with Crippen molar-refractivity contribution in [2.45, 2.75) is 24.8 Å². The van der Waals surface area contributed by atoms with Crippen LogP contribution in [0.25, 0.3) is 0 Å². The van der Waals surface area contributed by atoms with Gasteiger partial charge in [0.15, 0.2) is 0 Å². The molecule has 0 aliphatic heterocycles. The second-order valence-corrected chi connectivity index (χ2v) is 6.91. The van der Waals surface area contributed by atoms with Crippen LogP contribution < -0.4 is 10.5 Å². The number of ether oxygens (including phenoxy) is 1. The average molecular weight is 367 g/mol. The first-order chi connectivity index (χ1) is 10.0. The molecule has 2 N–H and O–H groups in total. The quantitative estimate of drug-likeness (QED) is 0.871. The van der Waals surface area contributed by atoms with E-state index in [1.54, 1.807) is 7.11 Å². The Morgan fingerprint density at radius 2 is 2.10 bits per heavy atom. The molecule has 0 fully saturated rings. The predicted octanol–water partition coefficient (Wildman–Crippen LogP) is 4.45. The molecule has 0 aromatic heterocycles. The summed E-state index contributed by atoms with van der Waals surface area (Å²) in [4.78, 5) is 0. The molecule has 2 aromatic carbocycles. The van der Waals surface area contributed by atoms with Gasteiger partial charge in [-0.2, -0.15) is 0 Å². The van der Waals surface area contributed by atoms with Gasteiger partial charge in [-0.25, -0.2) is 0 Å². The van der Waals surface area contributed by atoms with Gasteiger partial charge in [-0.3, -0.25) is 0 Å². The van der Waals surface area contributed by atoms with E-state index in [2.05, 4.69) is 28.1 Å². The lowest BCUT2D eigenvalue weighted by Crippen LogP contribution is -2.36. The van der Waals surface area contributed by atoms with Crippen LogP contribution in [-0.2, 0) is 18.4 Å². The Morgan fingerprint density at radius 3 is 2.81 bits per heavy atom. The van der Waals surface area contributed by atoms with Crippen molar-refractivity contribution in [2.75, 3.05) is 7.11 Å². The minimum Gasteiger partial charge on any atom is -0.497 e. The first kappa shape index (κ1) is 14.9. The van der Waals surface area contributed by atoms with Gasteiger partial charge in [0.05, 0.1) is 7.11 Å². The standard InChI is InChI=1S/C17H17BrClNO/c1-21-14-5-3-11-6-7-17(20,15(11)9-14)10-12-2-4-13(18)8-16(12)19/h2-5,8-9H,6-7,10,20H2,1H3. The van der Waals surface area contributed by atoms with Crippen molar-refractivity contribution < 1.29 is 4.74 Å². The fourth-order valence-corrected chi connectivity index (χ4v) is 3.79. The molecule has 3 rings (SSSR count). The van der Waals surface area contributed by atoms with Crippen molar-refractivity contribution in [3.05, 3.63) is 62.6 Å². The molecule has 0 saturated heterocycles. The molecule has 4 heteroatoms. The number of aryl methyl sites for hydroxylation is 1. The van der Waals surface area contributed by atoms with Crippen molar-refractivity contribution in [1.29, 1.82) is 0 Å². The number of rotatable bonds is 3. The Morgan fingerprint density at radius 1 is 1.29 bits per heavy atom. The number of fused-ring (bicyclic) bond motifs is 1. The predicted molar refractivity (Wildman–Crippen MR) is 90.0 cm³/mol. The molecular formula is C17H17BrClNO. The summed E-state index contributed by atoms with van der Waals surface area (Å²) in [5.41, 5.74) is 9.91. The molecule has 2 aromatic rings. The zero-order valence-corrected chi connectivity index (χ0v) is 14.2. The lowest BCUT2D eigenvalue weighted by Gasteiger charge is -2.26. The highest BCUT2D eigenvalue weighted by Crippen LogP contribution is 2.40. The minimum atomic E-state index is -0.374. The van der Waals surface area contributed by atoms with Crippen LogP contribution in [-0.4, -0.2) is 7.11 Å². The normalized spacial score (nSPS) is 20.4. The summed E-state index contributed by atoms with van der Waals surface area (Å²) >= 11 is 9.78. The van der Waals surface area contributed by atoms with E-state index in [-0.39, 0.29) is 5.54 Å². The summed E-state index contributed by atoms with van der Waals surface area (Å²) < 4.78 is 6.32. The summed E-state index contributed by atoms with van der Waals surface area (Å²) in [5.74, 6) is 0.854. The Hall–Kier alpha value is -1.03. The van der Waals surface area contributed by atoms with E-state index in [1.165, 1.54) is 11.1 Å². The Labute approximate surface area is 138 Å². The maximum atomic E-state index is 6.71. The summed E-state index contributed by atoms with van der Waals surface area (Å²) in [6.45, 7) is 0. The van der Waals surface area contributed by atoms with Crippen molar-refractivity contribution in [1.82, 2.24) is 0 Å². The molecular weight excluding hydrogens is 350 g/mol. The largest absolute Gasteiger partial charge is 0.497 e. The molecule has 1 aliphatic rings. The Kier molecular flexibility index (Phi) is 4.00. The number of halogens is 2. The van der Waals surface area contributed by atoms with Crippen LogP contribution >= 0.6 is 27.5 Å². The Balaban J connectivity index is 1.96. The average Bonchev–Trinajstić information content (AvgIpc) is 2.79. The maximum absolute atomic E-state index is 6.71. The molecule has 110 valence electrons. The van der Waals surface area contributed by atoms with Gasteiger partial charge in [0.25, 0.3) is 0 Å². The SMILES string of the molecule is COc1ccc2c(c1)C(N)(Cc1ccc(Br)cc1Cl)CC2. The summed E-state index contributed by atoms with van der Waals surface area (Å²) in [6, 6.07) is 12.1. The van der Waals surface area contributed by atoms with Crippen LogP contribution in [0.2, 0.25) is 5.02 Å². The molecule has 1 atom stereocenters. The van der Waals surface area contributed by atoms with E-state index in [0.29, 0.717) is 0 Å². The van der Waals surface area contributed by atoms with Crippen LogP contribution in [0.1, 0.15) is 23.1 Å². The van der Waals surface area contributed by atoms with Crippen molar-refractivity contribution in [3.8, 4) is 5.75 Å². The number of benzene rings is 2. The van der Waals surface area contributed by atoms with E-state index in [0.717, 1.165) is 40.1 Å². The third kappa shape index (κ3) is 2.83. The van der Waals surface area contributed by atoms with E-state index in [1.807, 2.05) is 24.3 Å². The topological polar surface area (TPSA) is 35.2 Å². The molecule has 0 saturated carbocycles. The van der Waals surface area contributed by atoms with Crippen LogP contribution in [0.15, 0.2) is 40.9 Å². The molecule has 0 spiro atoms. The molecule has 1 aliphatic carbocycles. The molecule has 0 heterocycles. The molecule has 0 radical (unpaired) electrons. The van der Waals surface area contributed by atoms with E-state index < -0.39 is 0 Å². The number of methoxy groups -OCH3 is 1. The van der Waals surface area contributed by atoms with Crippen LogP contribution in [0, 0.1) is 0 Å². The van der Waals surface area contributed by atoms with Crippen molar-refractivity contribution in [3.63, 3.8) is 0 Å². The monoisotopic (exact) mass is 365 g/mol. The van der Waals surface area contributed by atoms with E-state index >= 15 is 0 Å². The zero-order chi connectivity index (χ0) is 15.0. The highest BCUT2D eigenvalue weighted by Gasteiger charge is 2.35. The molecule has 21 heavy (non-hydrogen) atoms. The van der Waals surface area contributed by atoms with Gasteiger partial charge in [0.1, 0.15) is 5.75 Å². The smallest absolute Gasteiger partial charge is 0.119 e. The summed E-state index contributed by atoms with van der Waals surface area (Å²) in [6.07, 6.45) is 2.67. The van der Waals surface area contributed by atoms with Crippen LogP contribution in [0.4, 0.5) is 0 Å². The van der Waals surface area contributed by atoms with Gasteiger partial charge >= 0.3 is 0 Å². The molecule has 0 bridgehead atoms. The number of nitrogens with two attached hydrogens (primary N) is 1. The van der Waals surface area contributed by atoms with E-state index in [4.69, 9.17) is 22.1 Å². The van der Waals surface area contributed by atoms with Crippen molar-refractivity contribution in [2.24, 2.45) is 5.73 Å². The van der Waals surface area contributed by atoms with Gasteiger partial charge in [0.2, 0.25) is 0 Å². The Bertz CT molecular complexity index is 688. The van der Waals surface area contributed by atoms with Crippen molar-refractivity contribution >= 4 is 27.5 Å². The summed E-state index contributed by atoms with van der Waals surface area (Å²) in [7, 11) is 1.68. The molecule has 2 nitrogen and oxygen atoms in total. The lowest BCUT2D eigenvalue weighted by atomic mass is 9.86. The van der Waals surface area contributed by atoms with Crippen LogP contribution in [0.5, 0.6) is 5.75 Å². The van der Waals surface area contributed by atoms with Gasteiger partial charge in [-0.15, -0.1) is 0 Å². The second kappa shape index (κ2) is 5.64. The second-order valence-electron chi connectivity index (χ2n) is 5.59. The fraction of sp³-hybridized carbons (Fsp3) is 0.294. The third-order valence-corrected chi connectivity index (χ3v) is 5.06. The third-order valence-electron chi connectivity index (χ3n) is 4.21. The zero-order valence-electron chi connectivity index (χ0n) is 11.8. The minimum absolute atomic E-state index is 0.374. The van der Waals surface area contributed by atoms with Crippen LogP contribution in [0.3, 0.4) is 0 Å². The highest BCUT2D eigenvalue weighted by atomic mass is 79.9. The lowest BCUT2D eigenvalue weighted by molar-refractivity contribution is 0.407. The van der Waals surface area contributed by atoms with E-state index in [9.17, 15) is 0 Å². The number of hydrogen-bond donors (Lipinski definition) is 1. The first-order valence-corrected chi connectivity index (χ1v) is 8.09. The highest BCUT2D eigenvalue weighted by molar-refractivity contribution is 9.10. The van der Waals surface area contributed by atoms with Gasteiger partial charge in [-0.1, -0.05) is 39.7 Å².